The quantitative estimate of drug-likeness (QED) is 0.394. The van der Waals surface area contributed by atoms with Gasteiger partial charge in [0.1, 0.15) is 22.8 Å². The third kappa shape index (κ3) is 4.74. The van der Waals surface area contributed by atoms with Crippen LogP contribution in [0, 0.1) is 0 Å². The molecule has 4 heterocycles. The fourth-order valence-corrected chi connectivity index (χ4v) is 4.68. The van der Waals surface area contributed by atoms with E-state index in [-0.39, 0.29) is 5.91 Å². The lowest BCUT2D eigenvalue weighted by atomic mass is 10.1. The largest absolute Gasteiger partial charge is 0.494 e. The highest BCUT2D eigenvalue weighted by Gasteiger charge is 2.23. The van der Waals surface area contributed by atoms with E-state index in [1.165, 1.54) is 0 Å². The van der Waals surface area contributed by atoms with E-state index in [1.807, 2.05) is 47.0 Å². The Balaban J connectivity index is 1.46. The molecule has 0 bridgehead atoms. The lowest BCUT2D eigenvalue weighted by Gasteiger charge is -2.36. The van der Waals surface area contributed by atoms with Gasteiger partial charge in [0.15, 0.2) is 5.75 Å². The number of hydrogen-bond donors (Lipinski definition) is 1. The van der Waals surface area contributed by atoms with Crippen molar-refractivity contribution < 1.29 is 19.0 Å². The number of methoxy groups -OCH3 is 3. The van der Waals surface area contributed by atoms with Crippen molar-refractivity contribution in [1.29, 1.82) is 0 Å². The summed E-state index contributed by atoms with van der Waals surface area (Å²) in [5.74, 6) is 2.29. The van der Waals surface area contributed by atoms with Crippen molar-refractivity contribution in [2.75, 3.05) is 57.7 Å². The Morgan fingerprint density at radius 2 is 1.66 bits per heavy atom. The number of nitrogens with one attached hydrogen (secondary N) is 1. The fraction of sp³-hybridized carbons (Fsp3) is 0.333. The van der Waals surface area contributed by atoms with Crippen molar-refractivity contribution in [2.24, 2.45) is 7.05 Å². The number of pyridine rings is 1. The number of anilines is 3. The lowest BCUT2D eigenvalue weighted by Crippen LogP contribution is -2.48. The zero-order valence-corrected chi connectivity index (χ0v) is 22.2. The SMILES string of the molecule is COc1cc(N2CCN(C(C)=O)CC2)c(OC)cc1Nc1ncc(OC)c(-c2cnc3c(ccn3C)c2)n1. The van der Waals surface area contributed by atoms with Crippen LogP contribution in [-0.4, -0.2) is 77.8 Å². The summed E-state index contributed by atoms with van der Waals surface area (Å²) in [6.07, 6.45) is 5.38. The van der Waals surface area contributed by atoms with Crippen LogP contribution in [0.5, 0.6) is 17.2 Å². The molecule has 1 N–H and O–H groups in total. The second-order valence-electron chi connectivity index (χ2n) is 9.02. The molecular weight excluding hydrogens is 486 g/mol. The van der Waals surface area contributed by atoms with E-state index in [1.54, 1.807) is 40.6 Å². The minimum Gasteiger partial charge on any atom is -0.494 e. The number of hydrogen-bond acceptors (Lipinski definition) is 9. The number of carbonyl (C=O) groups excluding carboxylic acids is 1. The van der Waals surface area contributed by atoms with Gasteiger partial charge in [0.05, 0.1) is 38.9 Å². The first-order valence-electron chi connectivity index (χ1n) is 12.3. The van der Waals surface area contributed by atoms with Crippen molar-refractivity contribution in [3.63, 3.8) is 0 Å². The van der Waals surface area contributed by atoms with E-state index in [2.05, 4.69) is 20.2 Å². The molecule has 1 aliphatic rings. The third-order valence-corrected chi connectivity index (χ3v) is 6.77. The number of ether oxygens (including phenoxy) is 3. The zero-order chi connectivity index (χ0) is 26.8. The monoisotopic (exact) mass is 517 g/mol. The van der Waals surface area contributed by atoms with E-state index in [0.717, 1.165) is 22.3 Å². The van der Waals surface area contributed by atoms with Crippen LogP contribution in [-0.2, 0) is 11.8 Å². The molecule has 1 fully saturated rings. The highest BCUT2D eigenvalue weighted by Crippen LogP contribution is 2.40. The van der Waals surface area contributed by atoms with Gasteiger partial charge in [-0.3, -0.25) is 4.79 Å². The van der Waals surface area contributed by atoms with Crippen LogP contribution in [0.15, 0.2) is 42.9 Å². The van der Waals surface area contributed by atoms with E-state index < -0.39 is 0 Å². The van der Waals surface area contributed by atoms with Gasteiger partial charge in [-0.1, -0.05) is 0 Å². The van der Waals surface area contributed by atoms with Crippen LogP contribution >= 0.6 is 0 Å². The molecule has 5 rings (SSSR count). The Hall–Kier alpha value is -4.54. The van der Waals surface area contributed by atoms with Crippen molar-refractivity contribution in [2.45, 2.75) is 6.92 Å². The number of nitrogens with zero attached hydrogens (tertiary/aromatic N) is 6. The summed E-state index contributed by atoms with van der Waals surface area (Å²) in [6.45, 7) is 4.33. The van der Waals surface area contributed by atoms with Crippen molar-refractivity contribution in [3.8, 4) is 28.5 Å². The maximum atomic E-state index is 11.7. The number of aryl methyl sites for hydroxylation is 1. The molecule has 1 amide bonds. The van der Waals surface area contributed by atoms with Crippen LogP contribution in [0.4, 0.5) is 17.3 Å². The molecule has 0 aliphatic carbocycles. The number of amides is 1. The van der Waals surface area contributed by atoms with Crippen molar-refractivity contribution in [3.05, 3.63) is 42.9 Å². The van der Waals surface area contributed by atoms with Gasteiger partial charge in [-0.15, -0.1) is 0 Å². The van der Waals surface area contributed by atoms with Crippen molar-refractivity contribution >= 4 is 34.3 Å². The molecule has 38 heavy (non-hydrogen) atoms. The number of carbonyl (C=O) groups is 1. The van der Waals surface area contributed by atoms with E-state index in [9.17, 15) is 4.79 Å². The highest BCUT2D eigenvalue weighted by molar-refractivity contribution is 5.83. The first-order chi connectivity index (χ1) is 18.4. The Morgan fingerprint density at radius 3 is 2.34 bits per heavy atom. The average Bonchev–Trinajstić information content (AvgIpc) is 3.32. The molecule has 0 radical (unpaired) electrons. The molecule has 0 unspecified atom stereocenters. The zero-order valence-electron chi connectivity index (χ0n) is 22.2. The summed E-state index contributed by atoms with van der Waals surface area (Å²) in [5, 5.41) is 4.28. The van der Waals surface area contributed by atoms with Gasteiger partial charge in [-0.25, -0.2) is 15.0 Å². The van der Waals surface area contributed by atoms with Crippen molar-refractivity contribution in [1.82, 2.24) is 24.4 Å². The highest BCUT2D eigenvalue weighted by atomic mass is 16.5. The van der Waals surface area contributed by atoms with Gasteiger partial charge < -0.3 is 33.9 Å². The molecule has 11 nitrogen and oxygen atoms in total. The van der Waals surface area contributed by atoms with E-state index in [4.69, 9.17) is 19.2 Å². The molecule has 1 saturated heterocycles. The average molecular weight is 518 g/mol. The van der Waals surface area contributed by atoms with Crippen LogP contribution in [0.3, 0.4) is 0 Å². The number of fused-ring (bicyclic) bond motifs is 1. The van der Waals surface area contributed by atoms with E-state index in [0.29, 0.717) is 60.8 Å². The molecule has 0 atom stereocenters. The molecule has 0 spiro atoms. The molecule has 1 aliphatic heterocycles. The van der Waals surface area contributed by atoms with E-state index >= 15 is 0 Å². The Bertz CT molecular complexity index is 1480. The first-order valence-corrected chi connectivity index (χ1v) is 12.3. The minimum absolute atomic E-state index is 0.0899. The maximum absolute atomic E-state index is 11.7. The standard InChI is InChI=1S/C27H31N7O4/c1-17(35)33-8-10-34(11-9-33)21-14-22(36-3)20(13-23(21)37-4)30-27-29-16-24(38-5)25(31-27)19-12-18-6-7-32(2)26(18)28-15-19/h6-7,12-16H,8-11H2,1-5H3,(H,29,30,31). The van der Waals surface area contributed by atoms with Crippen LogP contribution < -0.4 is 24.4 Å². The van der Waals surface area contributed by atoms with Gasteiger partial charge in [0.2, 0.25) is 11.9 Å². The van der Waals surface area contributed by atoms with Gasteiger partial charge in [-0.2, -0.15) is 0 Å². The molecule has 0 saturated carbocycles. The summed E-state index contributed by atoms with van der Waals surface area (Å²) < 4.78 is 19.0. The number of aromatic nitrogens is 4. The van der Waals surface area contributed by atoms with Crippen LogP contribution in [0.25, 0.3) is 22.3 Å². The summed E-state index contributed by atoms with van der Waals surface area (Å²) in [5.41, 5.74) is 3.88. The predicted molar refractivity (Wildman–Crippen MR) is 146 cm³/mol. The second kappa shape index (κ2) is 10.4. The molecule has 1 aromatic carbocycles. The Morgan fingerprint density at radius 1 is 0.921 bits per heavy atom. The molecular formula is C27H31N7O4. The van der Waals surface area contributed by atoms with Crippen LogP contribution in [0.2, 0.25) is 0 Å². The Kier molecular flexibility index (Phi) is 6.91. The third-order valence-electron chi connectivity index (χ3n) is 6.77. The molecule has 4 aromatic rings. The normalized spacial score (nSPS) is 13.5. The van der Waals surface area contributed by atoms with Crippen LogP contribution in [0.1, 0.15) is 6.92 Å². The number of rotatable bonds is 7. The van der Waals surface area contributed by atoms with Gasteiger partial charge in [0, 0.05) is 75.6 Å². The van der Waals surface area contributed by atoms with Gasteiger partial charge in [-0.05, 0) is 12.1 Å². The summed E-state index contributed by atoms with van der Waals surface area (Å²) in [7, 11) is 6.80. The summed E-state index contributed by atoms with van der Waals surface area (Å²) in [6, 6.07) is 7.84. The fourth-order valence-electron chi connectivity index (χ4n) is 4.68. The summed E-state index contributed by atoms with van der Waals surface area (Å²) >= 11 is 0. The second-order valence-corrected chi connectivity index (χ2v) is 9.02. The number of benzene rings is 1. The lowest BCUT2D eigenvalue weighted by molar-refractivity contribution is -0.129. The minimum atomic E-state index is 0.0899. The van der Waals surface area contributed by atoms with Gasteiger partial charge in [0.25, 0.3) is 0 Å². The number of piperazine rings is 1. The molecule has 3 aromatic heterocycles. The molecule has 198 valence electrons. The smallest absolute Gasteiger partial charge is 0.228 e. The maximum Gasteiger partial charge on any atom is 0.228 e. The first kappa shape index (κ1) is 25.1. The summed E-state index contributed by atoms with van der Waals surface area (Å²) in [4.78, 5) is 29.6. The topological polar surface area (TPSA) is 107 Å². The Labute approximate surface area is 221 Å². The predicted octanol–water partition coefficient (Wildman–Crippen LogP) is 3.47. The molecule has 11 heteroatoms. The van der Waals surface area contributed by atoms with Gasteiger partial charge >= 0.3 is 0 Å².